The van der Waals surface area contributed by atoms with E-state index in [1.54, 1.807) is 11.8 Å². The van der Waals surface area contributed by atoms with Gasteiger partial charge in [-0.2, -0.15) is 0 Å². The number of likely N-dealkylation sites (N-methyl/N-ethyl adjacent to an activating group) is 1. The van der Waals surface area contributed by atoms with Crippen molar-refractivity contribution in [3.63, 3.8) is 0 Å². The van der Waals surface area contributed by atoms with Crippen molar-refractivity contribution in [2.24, 2.45) is 0 Å². The lowest BCUT2D eigenvalue weighted by Crippen LogP contribution is -2.20. The van der Waals surface area contributed by atoms with Crippen LogP contribution >= 0.6 is 11.8 Å². The molecule has 0 radical (unpaired) electrons. The van der Waals surface area contributed by atoms with E-state index in [1.807, 2.05) is 35.0 Å². The molecule has 0 aliphatic carbocycles. The largest absolute Gasteiger partial charge is 0.493 e. The number of hydrogen-bond acceptors (Lipinski definition) is 6. The number of thioether (sulfide) groups is 1. The Balaban J connectivity index is 1.70. The summed E-state index contributed by atoms with van der Waals surface area (Å²) in [4.78, 5) is 0. The van der Waals surface area contributed by atoms with Crippen LogP contribution in [0.3, 0.4) is 0 Å². The van der Waals surface area contributed by atoms with Gasteiger partial charge in [-0.3, -0.25) is 0 Å². The van der Waals surface area contributed by atoms with Crippen LogP contribution < -0.4 is 10.1 Å². The molecular weight excluding hydrogens is 274 g/mol. The highest BCUT2D eigenvalue weighted by atomic mass is 32.2. The normalized spacial score (nSPS) is 10.7. The minimum atomic E-state index is 0.634. The molecule has 0 unspecified atom stereocenters. The molecule has 108 valence electrons. The monoisotopic (exact) mass is 293 g/mol. The van der Waals surface area contributed by atoms with E-state index < -0.39 is 0 Å². The van der Waals surface area contributed by atoms with Crippen molar-refractivity contribution in [1.82, 2.24) is 25.5 Å². The van der Waals surface area contributed by atoms with Gasteiger partial charge in [0.15, 0.2) is 0 Å². The van der Waals surface area contributed by atoms with Crippen LogP contribution in [-0.4, -0.2) is 45.7 Å². The van der Waals surface area contributed by atoms with Gasteiger partial charge >= 0.3 is 0 Å². The van der Waals surface area contributed by atoms with Crippen LogP contribution in [0.4, 0.5) is 0 Å². The van der Waals surface area contributed by atoms with Gasteiger partial charge in [-0.15, -0.1) is 5.10 Å². The van der Waals surface area contributed by atoms with Crippen molar-refractivity contribution >= 4 is 11.8 Å². The Kier molecular flexibility index (Phi) is 6.33. The maximum atomic E-state index is 5.63. The lowest BCUT2D eigenvalue weighted by molar-refractivity contribution is 0.343. The third-order valence-electron chi connectivity index (χ3n) is 2.58. The second-order valence-electron chi connectivity index (χ2n) is 4.05. The predicted molar refractivity (Wildman–Crippen MR) is 79.0 cm³/mol. The van der Waals surface area contributed by atoms with Gasteiger partial charge in [0.25, 0.3) is 0 Å². The highest BCUT2D eigenvalue weighted by Crippen LogP contribution is 2.14. The molecule has 2 aromatic rings. The van der Waals surface area contributed by atoms with E-state index in [2.05, 4.69) is 27.8 Å². The molecule has 1 aromatic heterocycles. The molecule has 0 aliphatic rings. The van der Waals surface area contributed by atoms with E-state index in [-0.39, 0.29) is 0 Å². The maximum Gasteiger partial charge on any atom is 0.209 e. The highest BCUT2D eigenvalue weighted by Gasteiger charge is 2.06. The molecular formula is C13H19N5OS. The SMILES string of the molecule is CCNCCn1nnnc1SCCOc1ccccc1. The second kappa shape index (κ2) is 8.55. The molecule has 2 rings (SSSR count). The molecule has 0 spiro atoms. The first-order valence-electron chi connectivity index (χ1n) is 6.67. The van der Waals surface area contributed by atoms with E-state index in [9.17, 15) is 0 Å². The first-order valence-corrected chi connectivity index (χ1v) is 7.66. The van der Waals surface area contributed by atoms with Crippen molar-refractivity contribution in [3.8, 4) is 5.75 Å². The standard InChI is InChI=1S/C13H19N5OS/c1-2-14-8-9-18-13(15-16-17-18)20-11-10-19-12-6-4-3-5-7-12/h3-7,14H,2,8-11H2,1H3. The number of aromatic nitrogens is 4. The zero-order valence-corrected chi connectivity index (χ0v) is 12.3. The van der Waals surface area contributed by atoms with Crippen molar-refractivity contribution in [2.45, 2.75) is 18.6 Å². The Morgan fingerprint density at radius 1 is 1.30 bits per heavy atom. The lowest BCUT2D eigenvalue weighted by atomic mass is 10.3. The van der Waals surface area contributed by atoms with Crippen LogP contribution in [0.25, 0.3) is 0 Å². The van der Waals surface area contributed by atoms with Gasteiger partial charge in [-0.25, -0.2) is 4.68 Å². The van der Waals surface area contributed by atoms with Crippen molar-refractivity contribution in [3.05, 3.63) is 30.3 Å². The number of nitrogens with zero attached hydrogens (tertiary/aromatic N) is 4. The Morgan fingerprint density at radius 2 is 2.15 bits per heavy atom. The van der Waals surface area contributed by atoms with Gasteiger partial charge in [0.1, 0.15) is 5.75 Å². The molecule has 0 fully saturated rings. The summed E-state index contributed by atoms with van der Waals surface area (Å²) >= 11 is 1.61. The van der Waals surface area contributed by atoms with Crippen molar-refractivity contribution in [1.29, 1.82) is 0 Å². The number of ether oxygens (including phenoxy) is 1. The summed E-state index contributed by atoms with van der Waals surface area (Å²) < 4.78 is 7.45. The fourth-order valence-corrected chi connectivity index (χ4v) is 2.33. The number of nitrogens with one attached hydrogen (secondary N) is 1. The minimum absolute atomic E-state index is 0.634. The second-order valence-corrected chi connectivity index (χ2v) is 5.11. The lowest BCUT2D eigenvalue weighted by Gasteiger charge is -2.06. The fourth-order valence-electron chi connectivity index (χ4n) is 1.61. The van der Waals surface area contributed by atoms with E-state index in [0.717, 1.165) is 36.3 Å². The van der Waals surface area contributed by atoms with Gasteiger partial charge in [0, 0.05) is 12.3 Å². The first kappa shape index (κ1) is 14.8. The van der Waals surface area contributed by atoms with Gasteiger partial charge in [0.05, 0.1) is 13.2 Å². The van der Waals surface area contributed by atoms with Crippen molar-refractivity contribution in [2.75, 3.05) is 25.4 Å². The van der Waals surface area contributed by atoms with Crippen molar-refractivity contribution < 1.29 is 4.74 Å². The average Bonchev–Trinajstić information content (AvgIpc) is 2.93. The Bertz CT molecular complexity index is 491. The number of rotatable bonds is 9. The van der Waals surface area contributed by atoms with E-state index in [4.69, 9.17) is 4.74 Å². The van der Waals surface area contributed by atoms with Crippen LogP contribution in [0.2, 0.25) is 0 Å². The molecule has 7 heteroatoms. The number of tetrazole rings is 1. The summed E-state index contributed by atoms with van der Waals surface area (Å²) in [5.74, 6) is 1.70. The average molecular weight is 293 g/mol. The van der Waals surface area contributed by atoms with Crippen LogP contribution in [0.15, 0.2) is 35.5 Å². The molecule has 6 nitrogen and oxygen atoms in total. The predicted octanol–water partition coefficient (Wildman–Crippen LogP) is 1.45. The number of benzene rings is 1. The Labute approximate surface area is 122 Å². The molecule has 1 N–H and O–H groups in total. The van der Waals surface area contributed by atoms with E-state index in [1.165, 1.54) is 0 Å². The zero-order chi connectivity index (χ0) is 14.0. The number of para-hydroxylation sites is 1. The van der Waals surface area contributed by atoms with Crippen LogP contribution in [0, 0.1) is 0 Å². The van der Waals surface area contributed by atoms with E-state index >= 15 is 0 Å². The highest BCUT2D eigenvalue weighted by molar-refractivity contribution is 7.99. The maximum absolute atomic E-state index is 5.63. The Morgan fingerprint density at radius 3 is 2.95 bits per heavy atom. The zero-order valence-electron chi connectivity index (χ0n) is 11.5. The molecule has 1 aromatic carbocycles. The summed E-state index contributed by atoms with van der Waals surface area (Å²) in [6, 6.07) is 9.80. The third kappa shape index (κ3) is 4.82. The van der Waals surface area contributed by atoms with Gasteiger partial charge in [-0.1, -0.05) is 36.9 Å². The summed E-state index contributed by atoms with van der Waals surface area (Å²) in [7, 11) is 0. The van der Waals surface area contributed by atoms with E-state index in [0.29, 0.717) is 6.61 Å². The van der Waals surface area contributed by atoms with Crippen LogP contribution in [-0.2, 0) is 6.54 Å². The first-order chi connectivity index (χ1) is 9.90. The topological polar surface area (TPSA) is 64.9 Å². The smallest absolute Gasteiger partial charge is 0.209 e. The summed E-state index contributed by atoms with van der Waals surface area (Å²) in [5, 5.41) is 15.8. The molecule has 20 heavy (non-hydrogen) atoms. The van der Waals surface area contributed by atoms with Crippen LogP contribution in [0.5, 0.6) is 5.75 Å². The van der Waals surface area contributed by atoms with Gasteiger partial charge in [-0.05, 0) is 29.1 Å². The summed E-state index contributed by atoms with van der Waals surface area (Å²) in [6.07, 6.45) is 0. The van der Waals surface area contributed by atoms with Crippen LogP contribution in [0.1, 0.15) is 6.92 Å². The molecule has 0 atom stereocenters. The quantitative estimate of drug-likeness (QED) is 0.558. The van der Waals surface area contributed by atoms with Gasteiger partial charge < -0.3 is 10.1 Å². The molecule has 0 aliphatic heterocycles. The molecule has 1 heterocycles. The molecule has 0 saturated heterocycles. The summed E-state index contributed by atoms with van der Waals surface area (Å²) in [5.41, 5.74) is 0. The summed E-state index contributed by atoms with van der Waals surface area (Å²) in [6.45, 7) is 5.32. The molecule has 0 saturated carbocycles. The Hall–Kier alpha value is -1.60. The third-order valence-corrected chi connectivity index (χ3v) is 3.50. The van der Waals surface area contributed by atoms with Gasteiger partial charge in [0.2, 0.25) is 5.16 Å². The molecule has 0 bridgehead atoms. The minimum Gasteiger partial charge on any atom is -0.493 e. The molecule has 0 amide bonds. The number of hydrogen-bond donors (Lipinski definition) is 1. The fraction of sp³-hybridized carbons (Fsp3) is 0.462.